The lowest BCUT2D eigenvalue weighted by Crippen LogP contribution is -2.49. The normalized spacial score (nSPS) is 18.4. The lowest BCUT2D eigenvalue weighted by Gasteiger charge is -2.32. The van der Waals surface area contributed by atoms with Gasteiger partial charge in [-0.3, -0.25) is 9.59 Å². The number of hydrogen-bond donors (Lipinski definition) is 1. The van der Waals surface area contributed by atoms with Crippen LogP contribution >= 0.6 is 0 Å². The molecule has 23 heavy (non-hydrogen) atoms. The van der Waals surface area contributed by atoms with E-state index in [0.29, 0.717) is 19.7 Å². The maximum absolute atomic E-state index is 12.4. The Balaban J connectivity index is 1.63. The first-order chi connectivity index (χ1) is 11.2. The molecule has 1 atom stereocenters. The number of benzene rings is 1. The zero-order valence-corrected chi connectivity index (χ0v) is 13.1. The predicted octanol–water partition coefficient (Wildman–Crippen LogP) is 1.50. The van der Waals surface area contributed by atoms with Gasteiger partial charge in [0.25, 0.3) is 5.91 Å². The molecular formula is C17H20N2O4. The van der Waals surface area contributed by atoms with E-state index < -0.39 is 12.1 Å². The van der Waals surface area contributed by atoms with Gasteiger partial charge in [0.2, 0.25) is 0 Å². The summed E-state index contributed by atoms with van der Waals surface area (Å²) in [5.74, 6) is -0.566. The monoisotopic (exact) mass is 316 g/mol. The second kappa shape index (κ2) is 6.83. The van der Waals surface area contributed by atoms with Crippen molar-refractivity contribution in [1.29, 1.82) is 0 Å². The molecule has 1 aromatic carbocycles. The van der Waals surface area contributed by atoms with Crippen LogP contribution in [-0.2, 0) is 25.5 Å². The number of rotatable bonds is 5. The van der Waals surface area contributed by atoms with Crippen molar-refractivity contribution in [3.05, 3.63) is 36.0 Å². The quantitative estimate of drug-likeness (QED) is 0.849. The van der Waals surface area contributed by atoms with Crippen molar-refractivity contribution in [2.24, 2.45) is 0 Å². The number of aromatic nitrogens is 1. The molecule has 2 heterocycles. The molecule has 1 N–H and O–H groups in total. The first kappa shape index (κ1) is 15.6. The summed E-state index contributed by atoms with van der Waals surface area (Å²) in [5, 5.41) is 1.18. The molecular weight excluding hydrogens is 296 g/mol. The van der Waals surface area contributed by atoms with Crippen LogP contribution in [0.5, 0.6) is 0 Å². The molecule has 1 amide bonds. The number of fused-ring (bicyclic) bond motifs is 1. The number of H-pyrrole nitrogens is 1. The SMILES string of the molecule is COC(=O)CC1OCCN(CCc2c[nH]c3ccccc23)C1=O. The molecule has 122 valence electrons. The lowest BCUT2D eigenvalue weighted by molar-refractivity contribution is -0.160. The van der Waals surface area contributed by atoms with Crippen molar-refractivity contribution >= 4 is 22.8 Å². The number of aromatic amines is 1. The van der Waals surface area contributed by atoms with Gasteiger partial charge in [0.15, 0.2) is 0 Å². The van der Waals surface area contributed by atoms with Crippen molar-refractivity contribution in [3.63, 3.8) is 0 Å². The molecule has 1 aliphatic rings. The third-order valence-corrected chi connectivity index (χ3v) is 4.17. The van der Waals surface area contributed by atoms with Crippen molar-refractivity contribution in [1.82, 2.24) is 9.88 Å². The van der Waals surface area contributed by atoms with Gasteiger partial charge in [0.1, 0.15) is 6.10 Å². The number of para-hydroxylation sites is 1. The Kier molecular flexibility index (Phi) is 4.62. The maximum atomic E-state index is 12.4. The number of nitrogens with one attached hydrogen (secondary N) is 1. The summed E-state index contributed by atoms with van der Waals surface area (Å²) < 4.78 is 10.0. The average Bonchev–Trinajstić information content (AvgIpc) is 2.99. The third-order valence-electron chi connectivity index (χ3n) is 4.17. The molecule has 6 heteroatoms. The van der Waals surface area contributed by atoms with Crippen LogP contribution in [-0.4, -0.2) is 54.7 Å². The van der Waals surface area contributed by atoms with Crippen molar-refractivity contribution in [2.45, 2.75) is 18.9 Å². The maximum Gasteiger partial charge on any atom is 0.308 e. The Morgan fingerprint density at radius 2 is 2.26 bits per heavy atom. The standard InChI is InChI=1S/C17H20N2O4/c1-22-16(20)10-15-17(21)19(8-9-23-15)7-6-12-11-18-14-5-3-2-4-13(12)14/h2-5,11,15,18H,6-10H2,1H3. The van der Waals surface area contributed by atoms with Gasteiger partial charge >= 0.3 is 5.97 Å². The fraction of sp³-hybridized carbons (Fsp3) is 0.412. The highest BCUT2D eigenvalue weighted by Crippen LogP contribution is 2.19. The van der Waals surface area contributed by atoms with Gasteiger partial charge in [-0.05, 0) is 18.1 Å². The predicted molar refractivity (Wildman–Crippen MR) is 85.0 cm³/mol. The largest absolute Gasteiger partial charge is 0.469 e. The van der Waals surface area contributed by atoms with E-state index >= 15 is 0 Å². The van der Waals surface area contributed by atoms with Gasteiger partial charge in [-0.1, -0.05) is 18.2 Å². The van der Waals surface area contributed by atoms with E-state index in [9.17, 15) is 9.59 Å². The lowest BCUT2D eigenvalue weighted by atomic mass is 10.1. The van der Waals surface area contributed by atoms with Crippen LogP contribution in [0.15, 0.2) is 30.5 Å². The molecule has 1 aliphatic heterocycles. The van der Waals surface area contributed by atoms with Gasteiger partial charge in [0.05, 0.1) is 20.1 Å². The van der Waals surface area contributed by atoms with Crippen molar-refractivity contribution in [2.75, 3.05) is 26.8 Å². The fourth-order valence-corrected chi connectivity index (χ4v) is 2.89. The van der Waals surface area contributed by atoms with Crippen LogP contribution in [0, 0.1) is 0 Å². The molecule has 1 unspecified atom stereocenters. The van der Waals surface area contributed by atoms with E-state index in [4.69, 9.17) is 4.74 Å². The smallest absolute Gasteiger partial charge is 0.308 e. The molecule has 1 saturated heterocycles. The second-order valence-corrected chi connectivity index (χ2v) is 5.57. The van der Waals surface area contributed by atoms with E-state index in [0.717, 1.165) is 11.9 Å². The molecule has 2 aromatic rings. The summed E-state index contributed by atoms with van der Waals surface area (Å²) in [6.07, 6.45) is 2.00. The molecule has 0 radical (unpaired) electrons. The van der Waals surface area contributed by atoms with Crippen LogP contribution in [0.2, 0.25) is 0 Å². The van der Waals surface area contributed by atoms with E-state index in [1.165, 1.54) is 18.1 Å². The molecule has 6 nitrogen and oxygen atoms in total. The molecule has 1 fully saturated rings. The third kappa shape index (κ3) is 3.37. The van der Waals surface area contributed by atoms with Gasteiger partial charge in [-0.2, -0.15) is 0 Å². The van der Waals surface area contributed by atoms with Crippen LogP contribution in [0.3, 0.4) is 0 Å². The minimum atomic E-state index is -0.723. The Hall–Kier alpha value is -2.34. The zero-order valence-electron chi connectivity index (χ0n) is 13.1. The number of amides is 1. The van der Waals surface area contributed by atoms with Crippen LogP contribution in [0.25, 0.3) is 10.9 Å². The molecule has 3 rings (SSSR count). The molecule has 0 bridgehead atoms. The van der Waals surface area contributed by atoms with Gasteiger partial charge in [-0.15, -0.1) is 0 Å². The summed E-state index contributed by atoms with van der Waals surface area (Å²) in [6.45, 7) is 1.61. The number of methoxy groups -OCH3 is 1. The summed E-state index contributed by atoms with van der Waals surface area (Å²) in [7, 11) is 1.31. The van der Waals surface area contributed by atoms with E-state index in [2.05, 4.69) is 15.8 Å². The van der Waals surface area contributed by atoms with Gasteiger partial charge in [-0.25, -0.2) is 0 Å². The number of ether oxygens (including phenoxy) is 2. The van der Waals surface area contributed by atoms with Gasteiger partial charge in [0, 0.05) is 30.2 Å². The highest BCUT2D eigenvalue weighted by atomic mass is 16.5. The van der Waals surface area contributed by atoms with Gasteiger partial charge < -0.3 is 19.4 Å². The van der Waals surface area contributed by atoms with E-state index in [1.54, 1.807) is 4.90 Å². The van der Waals surface area contributed by atoms with E-state index in [-0.39, 0.29) is 12.3 Å². The number of nitrogens with zero attached hydrogens (tertiary/aromatic N) is 1. The van der Waals surface area contributed by atoms with Crippen LogP contribution < -0.4 is 0 Å². The minimum absolute atomic E-state index is 0.0289. The Labute approximate surface area is 134 Å². The Bertz CT molecular complexity index is 709. The molecule has 0 saturated carbocycles. The molecule has 0 spiro atoms. The number of esters is 1. The molecule has 1 aromatic heterocycles. The second-order valence-electron chi connectivity index (χ2n) is 5.57. The Morgan fingerprint density at radius 3 is 3.09 bits per heavy atom. The van der Waals surface area contributed by atoms with Crippen LogP contribution in [0.1, 0.15) is 12.0 Å². The number of morpholine rings is 1. The summed E-state index contributed by atoms with van der Waals surface area (Å²) in [4.78, 5) is 28.7. The zero-order chi connectivity index (χ0) is 16.2. The van der Waals surface area contributed by atoms with Crippen molar-refractivity contribution < 1.29 is 19.1 Å². The molecule has 0 aliphatic carbocycles. The highest BCUT2D eigenvalue weighted by molar-refractivity contribution is 5.86. The fourth-order valence-electron chi connectivity index (χ4n) is 2.89. The summed E-state index contributed by atoms with van der Waals surface area (Å²) >= 11 is 0. The average molecular weight is 316 g/mol. The number of carbonyl (C=O) groups excluding carboxylic acids is 2. The minimum Gasteiger partial charge on any atom is -0.469 e. The summed E-state index contributed by atoms with van der Waals surface area (Å²) in [5.41, 5.74) is 2.28. The number of hydrogen-bond acceptors (Lipinski definition) is 4. The topological polar surface area (TPSA) is 71.6 Å². The summed E-state index contributed by atoms with van der Waals surface area (Å²) in [6, 6.07) is 8.10. The number of carbonyl (C=O) groups is 2. The highest BCUT2D eigenvalue weighted by Gasteiger charge is 2.31. The Morgan fingerprint density at radius 1 is 1.43 bits per heavy atom. The first-order valence-corrected chi connectivity index (χ1v) is 7.71. The van der Waals surface area contributed by atoms with E-state index in [1.807, 2.05) is 24.4 Å². The van der Waals surface area contributed by atoms with Crippen LogP contribution in [0.4, 0.5) is 0 Å². The van der Waals surface area contributed by atoms with Crippen molar-refractivity contribution in [3.8, 4) is 0 Å². The first-order valence-electron chi connectivity index (χ1n) is 7.71.